The predicted molar refractivity (Wildman–Crippen MR) is 66.7 cm³/mol. The number of hydrogen-bond acceptors (Lipinski definition) is 4. The number of carbonyl (C=O) groups is 1. The zero-order valence-electron chi connectivity index (χ0n) is 10.3. The van der Waals surface area contributed by atoms with E-state index < -0.39 is 17.6 Å². The van der Waals surface area contributed by atoms with Gasteiger partial charge in [-0.15, -0.1) is 0 Å². The van der Waals surface area contributed by atoms with Gasteiger partial charge in [0, 0.05) is 6.54 Å². The van der Waals surface area contributed by atoms with Gasteiger partial charge < -0.3 is 14.8 Å². The van der Waals surface area contributed by atoms with Gasteiger partial charge in [-0.1, -0.05) is 6.07 Å². The average molecular weight is 282 g/mol. The number of halogens is 2. The van der Waals surface area contributed by atoms with Gasteiger partial charge in [-0.2, -0.15) is 8.78 Å². The highest BCUT2D eigenvalue weighted by molar-refractivity contribution is 5.76. The second-order valence-electron chi connectivity index (χ2n) is 4.10. The second kappa shape index (κ2) is 5.68. The van der Waals surface area contributed by atoms with E-state index in [4.69, 9.17) is 9.52 Å². The summed E-state index contributed by atoms with van der Waals surface area (Å²) < 4.78 is 31.5. The molecule has 0 fully saturated rings. The standard InChI is InChI=1S/C13H12F2N2O3/c14-13(15,12(18)19)10-2-1-3-11(17-10)16-6-4-9-5-7-20-8-9/h1-3,5,7-8H,4,6H2,(H,16,17)(H,18,19). The summed E-state index contributed by atoms with van der Waals surface area (Å²) in [5, 5.41) is 11.3. The van der Waals surface area contributed by atoms with Gasteiger partial charge in [0.2, 0.25) is 0 Å². The largest absolute Gasteiger partial charge is 0.476 e. The number of alkyl halides is 2. The summed E-state index contributed by atoms with van der Waals surface area (Å²) in [5.74, 6) is -6.02. The van der Waals surface area contributed by atoms with Gasteiger partial charge in [-0.3, -0.25) is 0 Å². The maximum Gasteiger partial charge on any atom is 0.384 e. The minimum atomic E-state index is -4.00. The van der Waals surface area contributed by atoms with E-state index in [9.17, 15) is 13.6 Å². The molecule has 2 rings (SSSR count). The Labute approximate surface area is 113 Å². The van der Waals surface area contributed by atoms with Crippen LogP contribution >= 0.6 is 0 Å². The van der Waals surface area contributed by atoms with Gasteiger partial charge in [0.25, 0.3) is 0 Å². The summed E-state index contributed by atoms with van der Waals surface area (Å²) in [6.45, 7) is 0.467. The molecule has 2 aromatic heterocycles. The summed E-state index contributed by atoms with van der Waals surface area (Å²) in [6, 6.07) is 5.61. The maximum atomic E-state index is 13.3. The molecule has 0 atom stereocenters. The molecule has 0 saturated heterocycles. The van der Waals surface area contributed by atoms with Crippen LogP contribution in [-0.2, 0) is 17.1 Å². The Kier molecular flexibility index (Phi) is 3.97. The Bertz CT molecular complexity index is 585. The molecule has 20 heavy (non-hydrogen) atoms. The number of nitrogens with one attached hydrogen (secondary N) is 1. The molecular formula is C13H12F2N2O3. The molecule has 0 unspecified atom stereocenters. The maximum absolute atomic E-state index is 13.3. The second-order valence-corrected chi connectivity index (χ2v) is 4.10. The molecule has 7 heteroatoms. The number of aliphatic carboxylic acids is 1. The summed E-state index contributed by atoms with van der Waals surface area (Å²) >= 11 is 0. The van der Waals surface area contributed by atoms with E-state index in [0.29, 0.717) is 13.0 Å². The van der Waals surface area contributed by atoms with E-state index in [1.165, 1.54) is 12.1 Å². The van der Waals surface area contributed by atoms with Gasteiger partial charge in [0.05, 0.1) is 12.5 Å². The summed E-state index contributed by atoms with van der Waals surface area (Å²) in [6.07, 6.45) is 3.77. The van der Waals surface area contributed by atoms with Crippen LogP contribution in [0, 0.1) is 0 Å². The quantitative estimate of drug-likeness (QED) is 0.851. The molecular weight excluding hydrogens is 270 g/mol. The lowest BCUT2D eigenvalue weighted by Gasteiger charge is -2.12. The van der Waals surface area contributed by atoms with Crippen molar-refractivity contribution in [2.45, 2.75) is 12.3 Å². The molecule has 0 bridgehead atoms. The minimum absolute atomic E-state index is 0.201. The molecule has 2 aromatic rings. The van der Waals surface area contributed by atoms with Crippen molar-refractivity contribution in [1.82, 2.24) is 4.98 Å². The third-order valence-corrected chi connectivity index (χ3v) is 2.64. The lowest BCUT2D eigenvalue weighted by Crippen LogP contribution is -2.26. The first-order valence-electron chi connectivity index (χ1n) is 5.84. The van der Waals surface area contributed by atoms with E-state index in [1.54, 1.807) is 18.6 Å². The van der Waals surface area contributed by atoms with Crippen LogP contribution in [0.2, 0.25) is 0 Å². The van der Waals surface area contributed by atoms with Crippen LogP contribution in [0.15, 0.2) is 41.2 Å². The summed E-state index contributed by atoms with van der Waals surface area (Å²) in [5.41, 5.74) is 0.169. The Balaban J connectivity index is 2.01. The normalized spacial score (nSPS) is 11.3. The fourth-order valence-electron chi connectivity index (χ4n) is 1.59. The molecule has 0 radical (unpaired) electrons. The first kappa shape index (κ1) is 14.0. The number of carboxylic acids is 1. The smallest absolute Gasteiger partial charge is 0.384 e. The van der Waals surface area contributed by atoms with Gasteiger partial charge in [0.15, 0.2) is 0 Å². The molecule has 106 valence electrons. The first-order valence-corrected chi connectivity index (χ1v) is 5.84. The highest BCUT2D eigenvalue weighted by atomic mass is 19.3. The SMILES string of the molecule is O=C(O)C(F)(F)c1cccc(NCCc2ccoc2)n1. The van der Waals surface area contributed by atoms with Crippen molar-refractivity contribution in [3.63, 3.8) is 0 Å². The van der Waals surface area contributed by atoms with Crippen molar-refractivity contribution in [3.8, 4) is 0 Å². The van der Waals surface area contributed by atoms with Crippen LogP contribution in [0.1, 0.15) is 11.3 Å². The molecule has 0 amide bonds. The van der Waals surface area contributed by atoms with Gasteiger partial charge in [-0.25, -0.2) is 9.78 Å². The lowest BCUT2D eigenvalue weighted by molar-refractivity contribution is -0.166. The number of furan rings is 1. The lowest BCUT2D eigenvalue weighted by atomic mass is 10.2. The van der Waals surface area contributed by atoms with Gasteiger partial charge in [0.1, 0.15) is 11.5 Å². The van der Waals surface area contributed by atoms with Crippen molar-refractivity contribution in [2.75, 3.05) is 11.9 Å². The molecule has 0 saturated carbocycles. The number of nitrogens with zero attached hydrogens (tertiary/aromatic N) is 1. The monoisotopic (exact) mass is 282 g/mol. The molecule has 5 nitrogen and oxygen atoms in total. The van der Waals surface area contributed by atoms with E-state index in [1.807, 2.05) is 0 Å². The minimum Gasteiger partial charge on any atom is -0.476 e. The van der Waals surface area contributed by atoms with Crippen molar-refractivity contribution in [3.05, 3.63) is 48.0 Å². The Morgan fingerprint density at radius 3 is 2.85 bits per heavy atom. The van der Waals surface area contributed by atoms with Crippen molar-refractivity contribution in [1.29, 1.82) is 0 Å². The van der Waals surface area contributed by atoms with Crippen molar-refractivity contribution < 1.29 is 23.1 Å². The number of aromatic nitrogens is 1. The molecule has 0 spiro atoms. The summed E-state index contributed by atoms with van der Waals surface area (Å²) in [4.78, 5) is 14.1. The van der Waals surface area contributed by atoms with E-state index in [-0.39, 0.29) is 5.82 Å². The van der Waals surface area contributed by atoms with Gasteiger partial charge >= 0.3 is 11.9 Å². The van der Waals surface area contributed by atoms with Crippen molar-refractivity contribution in [2.24, 2.45) is 0 Å². The number of hydrogen-bond donors (Lipinski definition) is 2. The highest BCUT2D eigenvalue weighted by Crippen LogP contribution is 2.27. The topological polar surface area (TPSA) is 75.4 Å². The van der Waals surface area contributed by atoms with E-state index >= 15 is 0 Å². The van der Waals surface area contributed by atoms with Crippen LogP contribution < -0.4 is 5.32 Å². The molecule has 0 aliphatic rings. The van der Waals surface area contributed by atoms with Gasteiger partial charge in [-0.05, 0) is 30.2 Å². The van der Waals surface area contributed by atoms with Crippen LogP contribution in [0.25, 0.3) is 0 Å². The predicted octanol–water partition coefficient (Wildman–Crippen LogP) is 2.51. The van der Waals surface area contributed by atoms with Crippen LogP contribution in [0.5, 0.6) is 0 Å². The van der Waals surface area contributed by atoms with Crippen LogP contribution in [0.4, 0.5) is 14.6 Å². The Morgan fingerprint density at radius 2 is 2.20 bits per heavy atom. The average Bonchev–Trinajstić information content (AvgIpc) is 2.92. The third-order valence-electron chi connectivity index (χ3n) is 2.64. The molecule has 2 N–H and O–H groups in total. The van der Waals surface area contributed by atoms with E-state index in [2.05, 4.69) is 10.3 Å². The molecule has 0 aliphatic carbocycles. The number of anilines is 1. The summed E-state index contributed by atoms with van der Waals surface area (Å²) in [7, 11) is 0. The first-order chi connectivity index (χ1) is 9.50. The zero-order chi connectivity index (χ0) is 14.6. The zero-order valence-corrected chi connectivity index (χ0v) is 10.3. The van der Waals surface area contributed by atoms with Crippen molar-refractivity contribution >= 4 is 11.8 Å². The van der Waals surface area contributed by atoms with Crippen LogP contribution in [0.3, 0.4) is 0 Å². The fourth-order valence-corrected chi connectivity index (χ4v) is 1.59. The van der Waals surface area contributed by atoms with E-state index in [0.717, 1.165) is 11.6 Å². The molecule has 0 aliphatic heterocycles. The fraction of sp³-hybridized carbons (Fsp3) is 0.231. The highest BCUT2D eigenvalue weighted by Gasteiger charge is 2.42. The Morgan fingerprint density at radius 1 is 1.40 bits per heavy atom. The molecule has 2 heterocycles. The Hall–Kier alpha value is -2.44. The number of rotatable bonds is 6. The van der Waals surface area contributed by atoms with Crippen LogP contribution in [-0.4, -0.2) is 22.6 Å². The number of pyridine rings is 1. The molecule has 0 aromatic carbocycles. The third kappa shape index (κ3) is 3.11. The number of carboxylic acid groups (broad SMARTS) is 1.